The number of benzene rings is 1. The lowest BCUT2D eigenvalue weighted by Gasteiger charge is -2.14. The molecule has 0 spiro atoms. The zero-order valence-corrected chi connectivity index (χ0v) is 15.2. The Morgan fingerprint density at radius 2 is 2.00 bits per heavy atom. The average Bonchev–Trinajstić information content (AvgIpc) is 2.52. The third kappa shape index (κ3) is 4.15. The Morgan fingerprint density at radius 1 is 1.29 bits per heavy atom. The average molecular weight is 350 g/mol. The lowest BCUT2D eigenvalue weighted by Crippen LogP contribution is -2.28. The van der Waals surface area contributed by atoms with Crippen molar-refractivity contribution >= 4 is 19.8 Å². The second kappa shape index (κ2) is 7.35. The van der Waals surface area contributed by atoms with Crippen LogP contribution in [0, 0.1) is 13.8 Å². The highest BCUT2D eigenvalue weighted by atomic mass is 31.1. The molecule has 3 nitrogen and oxygen atoms in total. The highest BCUT2D eigenvalue weighted by Gasteiger charge is 2.25. The largest absolute Gasteiger partial charge is 0.346 e. The first-order valence-electron chi connectivity index (χ1n) is 7.63. The molecule has 0 bridgehead atoms. The van der Waals surface area contributed by atoms with Crippen LogP contribution in [0.5, 0.6) is 0 Å². The first-order valence-corrected chi connectivity index (χ1v) is 9.13. The van der Waals surface area contributed by atoms with Gasteiger partial charge in [0, 0.05) is 24.2 Å². The molecule has 0 aliphatic heterocycles. The number of nitrogens with zero attached hydrogens (tertiary/aromatic N) is 1. The summed E-state index contributed by atoms with van der Waals surface area (Å²) in [7, 11) is 0.519. The normalized spacial score (nSPS) is 11.9. The van der Waals surface area contributed by atoms with Gasteiger partial charge in [-0.1, -0.05) is 26.8 Å². The molecular formula is C18H21F2N2OP. The van der Waals surface area contributed by atoms with Crippen molar-refractivity contribution in [1.82, 2.24) is 10.3 Å². The number of carbonyl (C=O) groups excluding carboxylic acids is 1. The Labute approximate surface area is 142 Å². The van der Waals surface area contributed by atoms with Gasteiger partial charge in [0.2, 0.25) is 0 Å². The summed E-state index contributed by atoms with van der Waals surface area (Å²) in [5.74, 6) is -3.08. The molecule has 6 heteroatoms. The van der Waals surface area contributed by atoms with E-state index in [2.05, 4.69) is 10.3 Å². The van der Waals surface area contributed by atoms with Crippen LogP contribution in [0.1, 0.15) is 39.7 Å². The highest BCUT2D eigenvalue weighted by molar-refractivity contribution is 7.46. The van der Waals surface area contributed by atoms with Crippen LogP contribution in [0.15, 0.2) is 30.5 Å². The van der Waals surface area contributed by atoms with Crippen LogP contribution in [0.3, 0.4) is 0 Å². The maximum absolute atomic E-state index is 13.3. The number of hydrogen-bond acceptors (Lipinski definition) is 2. The van der Waals surface area contributed by atoms with Crippen LogP contribution in [0.4, 0.5) is 8.78 Å². The standard InChI is InChI=1S/C18H21F2N2OP/c1-11-6-5-7-15(24-4)16(11)17(23)22-10-14-12(2)8-13(9-21-14)18(3,19)20/h5-9,24H,10H2,1-4H3,(H,22,23). The van der Waals surface area contributed by atoms with Crippen molar-refractivity contribution in [3.8, 4) is 0 Å². The molecule has 1 heterocycles. The molecule has 1 amide bonds. The molecule has 24 heavy (non-hydrogen) atoms. The second-order valence-electron chi connectivity index (χ2n) is 5.81. The molecule has 1 N–H and O–H groups in total. The number of rotatable bonds is 5. The van der Waals surface area contributed by atoms with E-state index in [1.165, 1.54) is 12.3 Å². The van der Waals surface area contributed by atoms with Gasteiger partial charge in [0.25, 0.3) is 11.8 Å². The van der Waals surface area contributed by atoms with Gasteiger partial charge in [0.05, 0.1) is 12.2 Å². The minimum Gasteiger partial charge on any atom is -0.346 e. The summed E-state index contributed by atoms with van der Waals surface area (Å²) in [5, 5.41) is 3.86. The maximum Gasteiger partial charge on any atom is 0.272 e. The van der Waals surface area contributed by atoms with Gasteiger partial charge in [-0.25, -0.2) is 8.78 Å². The minimum absolute atomic E-state index is 0.122. The quantitative estimate of drug-likeness (QED) is 0.836. The van der Waals surface area contributed by atoms with Crippen molar-refractivity contribution in [3.05, 3.63) is 58.4 Å². The zero-order chi connectivity index (χ0) is 17.9. The highest BCUT2D eigenvalue weighted by Crippen LogP contribution is 2.27. The predicted molar refractivity (Wildman–Crippen MR) is 94.8 cm³/mol. The molecule has 1 atom stereocenters. The van der Waals surface area contributed by atoms with E-state index in [4.69, 9.17) is 0 Å². The van der Waals surface area contributed by atoms with Gasteiger partial charge in [-0.15, -0.1) is 0 Å². The van der Waals surface area contributed by atoms with E-state index in [0.29, 0.717) is 25.4 Å². The summed E-state index contributed by atoms with van der Waals surface area (Å²) in [4.78, 5) is 16.6. The van der Waals surface area contributed by atoms with Crippen LogP contribution in [0.25, 0.3) is 0 Å². The second-order valence-corrected chi connectivity index (χ2v) is 6.84. The molecular weight excluding hydrogens is 329 g/mol. The summed E-state index contributed by atoms with van der Waals surface area (Å²) in [6, 6.07) is 7.20. The van der Waals surface area contributed by atoms with E-state index in [9.17, 15) is 13.6 Å². The fraction of sp³-hybridized carbons (Fsp3) is 0.333. The van der Waals surface area contributed by atoms with Crippen molar-refractivity contribution in [1.29, 1.82) is 0 Å². The van der Waals surface area contributed by atoms with Gasteiger partial charge in [-0.05, 0) is 43.0 Å². The van der Waals surface area contributed by atoms with Gasteiger partial charge < -0.3 is 5.32 Å². The maximum atomic E-state index is 13.3. The van der Waals surface area contributed by atoms with Gasteiger partial charge in [-0.2, -0.15) is 0 Å². The number of hydrogen-bond donors (Lipinski definition) is 1. The number of aryl methyl sites for hydroxylation is 2. The van der Waals surface area contributed by atoms with E-state index in [1.807, 2.05) is 31.8 Å². The predicted octanol–water partition coefficient (Wildman–Crippen LogP) is 3.67. The molecule has 1 unspecified atom stereocenters. The fourth-order valence-electron chi connectivity index (χ4n) is 2.46. The molecule has 2 rings (SSSR count). The molecule has 0 saturated carbocycles. The lowest BCUT2D eigenvalue weighted by atomic mass is 10.1. The molecule has 0 aliphatic carbocycles. The molecule has 1 aromatic carbocycles. The Bertz CT molecular complexity index is 757. The Balaban J connectivity index is 2.16. The first-order chi connectivity index (χ1) is 11.2. The molecule has 0 fully saturated rings. The topological polar surface area (TPSA) is 42.0 Å². The smallest absolute Gasteiger partial charge is 0.272 e. The molecule has 2 aromatic rings. The number of pyridine rings is 1. The Kier molecular flexibility index (Phi) is 5.66. The van der Waals surface area contributed by atoms with E-state index >= 15 is 0 Å². The summed E-state index contributed by atoms with van der Waals surface area (Å²) in [6.07, 6.45) is 1.17. The van der Waals surface area contributed by atoms with Crippen molar-refractivity contribution < 1.29 is 13.6 Å². The van der Waals surface area contributed by atoms with E-state index in [-0.39, 0.29) is 18.0 Å². The molecule has 0 aliphatic rings. The Hall–Kier alpha value is -1.87. The summed E-state index contributed by atoms with van der Waals surface area (Å²) in [6.45, 7) is 6.70. The van der Waals surface area contributed by atoms with E-state index in [0.717, 1.165) is 17.8 Å². The third-order valence-electron chi connectivity index (χ3n) is 3.88. The number of nitrogens with one attached hydrogen (secondary N) is 1. The third-order valence-corrected chi connectivity index (χ3v) is 4.83. The van der Waals surface area contributed by atoms with Gasteiger partial charge in [0.1, 0.15) is 0 Å². The number of halogens is 2. The number of amides is 1. The van der Waals surface area contributed by atoms with Crippen LogP contribution in [0.2, 0.25) is 0 Å². The van der Waals surface area contributed by atoms with E-state index in [1.54, 1.807) is 6.92 Å². The van der Waals surface area contributed by atoms with Crippen LogP contribution < -0.4 is 10.6 Å². The summed E-state index contributed by atoms with van der Waals surface area (Å²) < 4.78 is 26.6. The van der Waals surface area contributed by atoms with Crippen molar-refractivity contribution in [2.75, 3.05) is 6.66 Å². The zero-order valence-electron chi connectivity index (χ0n) is 14.2. The minimum atomic E-state index is -2.92. The van der Waals surface area contributed by atoms with Gasteiger partial charge in [0.15, 0.2) is 0 Å². The number of aromatic nitrogens is 1. The van der Waals surface area contributed by atoms with Crippen molar-refractivity contribution in [2.45, 2.75) is 33.2 Å². The number of alkyl halides is 2. The SMILES string of the molecule is CPc1cccc(C)c1C(=O)NCc1ncc(C(C)(F)F)cc1C. The Morgan fingerprint density at radius 3 is 2.58 bits per heavy atom. The lowest BCUT2D eigenvalue weighted by molar-refractivity contribution is 0.0170. The summed E-state index contributed by atoms with van der Waals surface area (Å²) in [5.41, 5.74) is 2.71. The van der Waals surface area contributed by atoms with Crippen LogP contribution in [-0.4, -0.2) is 17.6 Å². The number of carbonyl (C=O) groups is 1. The van der Waals surface area contributed by atoms with Crippen molar-refractivity contribution in [3.63, 3.8) is 0 Å². The van der Waals surface area contributed by atoms with Gasteiger partial charge >= 0.3 is 0 Å². The van der Waals surface area contributed by atoms with Crippen LogP contribution >= 0.6 is 8.58 Å². The molecule has 128 valence electrons. The fourth-order valence-corrected chi connectivity index (χ4v) is 3.28. The first kappa shape index (κ1) is 18.5. The van der Waals surface area contributed by atoms with Crippen LogP contribution in [-0.2, 0) is 12.5 Å². The molecule has 1 aromatic heterocycles. The van der Waals surface area contributed by atoms with Crippen molar-refractivity contribution in [2.24, 2.45) is 0 Å². The monoisotopic (exact) mass is 350 g/mol. The van der Waals surface area contributed by atoms with Gasteiger partial charge in [-0.3, -0.25) is 9.78 Å². The van der Waals surface area contributed by atoms with E-state index < -0.39 is 5.92 Å². The summed E-state index contributed by atoms with van der Waals surface area (Å²) >= 11 is 0. The molecule has 0 saturated heterocycles. The molecule has 0 radical (unpaired) electrons.